The van der Waals surface area contributed by atoms with E-state index < -0.39 is 0 Å². The van der Waals surface area contributed by atoms with Crippen LogP contribution >= 0.6 is 0 Å². The average molecular weight is 210 g/mol. The molecule has 15 heavy (non-hydrogen) atoms. The molecular weight excluding hydrogens is 184 g/mol. The summed E-state index contributed by atoms with van der Waals surface area (Å²) >= 11 is 0. The first-order valence-corrected chi connectivity index (χ1v) is 6.85. The fourth-order valence-electron chi connectivity index (χ4n) is 2.69. The Balaban J connectivity index is 1.52. The van der Waals surface area contributed by atoms with E-state index in [1.165, 1.54) is 51.5 Å². The highest BCUT2D eigenvalue weighted by atomic mass is 14.9. The number of rotatable bonds is 6. The summed E-state index contributed by atoms with van der Waals surface area (Å²) in [5.74, 6) is 1.08. The lowest BCUT2D eigenvalue weighted by molar-refractivity contribution is 0.309. The van der Waals surface area contributed by atoms with Gasteiger partial charge in [-0.1, -0.05) is 19.8 Å². The Morgan fingerprint density at radius 2 is 1.47 bits per heavy atom. The first kappa shape index (κ1) is 11.4. The van der Waals surface area contributed by atoms with E-state index in [1.54, 1.807) is 0 Å². The van der Waals surface area contributed by atoms with Gasteiger partial charge < -0.3 is 10.6 Å². The molecule has 2 nitrogen and oxygen atoms in total. The van der Waals surface area contributed by atoms with E-state index >= 15 is 0 Å². The minimum absolute atomic E-state index is 0.802. The van der Waals surface area contributed by atoms with Crippen LogP contribution in [0.5, 0.6) is 0 Å². The second-order valence-electron chi connectivity index (χ2n) is 5.29. The maximum absolute atomic E-state index is 3.73. The molecular formula is C13H26N2. The molecule has 88 valence electrons. The van der Waals surface area contributed by atoms with E-state index in [0.29, 0.717) is 0 Å². The average Bonchev–Trinajstić information content (AvgIpc) is 3.05. The topological polar surface area (TPSA) is 24.1 Å². The van der Waals surface area contributed by atoms with Crippen molar-refractivity contribution in [3.8, 4) is 0 Å². The third-order valence-corrected chi connectivity index (χ3v) is 3.90. The molecule has 0 saturated heterocycles. The molecule has 2 rings (SSSR count). The van der Waals surface area contributed by atoms with E-state index in [2.05, 4.69) is 17.6 Å². The second kappa shape index (κ2) is 5.86. The van der Waals surface area contributed by atoms with Gasteiger partial charge in [0.2, 0.25) is 0 Å². The molecule has 2 heteroatoms. The summed E-state index contributed by atoms with van der Waals surface area (Å²) in [5.41, 5.74) is 0. The summed E-state index contributed by atoms with van der Waals surface area (Å²) in [7, 11) is 0. The van der Waals surface area contributed by atoms with Crippen LogP contribution in [-0.2, 0) is 0 Å². The third kappa shape index (κ3) is 4.12. The second-order valence-corrected chi connectivity index (χ2v) is 5.29. The molecule has 0 radical (unpaired) electrons. The number of hydrogen-bond donors (Lipinski definition) is 2. The number of nitrogens with one attached hydrogen (secondary N) is 2. The summed E-state index contributed by atoms with van der Waals surface area (Å²) in [6.07, 6.45) is 9.91. The molecule has 2 saturated carbocycles. The normalized spacial score (nSPS) is 31.8. The molecule has 0 amide bonds. The van der Waals surface area contributed by atoms with Crippen LogP contribution in [0.3, 0.4) is 0 Å². The van der Waals surface area contributed by atoms with Crippen LogP contribution in [-0.4, -0.2) is 25.2 Å². The van der Waals surface area contributed by atoms with Crippen molar-refractivity contribution in [3.05, 3.63) is 0 Å². The van der Waals surface area contributed by atoms with Crippen molar-refractivity contribution in [2.75, 3.05) is 13.1 Å². The van der Waals surface area contributed by atoms with Gasteiger partial charge in [-0.3, -0.25) is 0 Å². The van der Waals surface area contributed by atoms with Crippen molar-refractivity contribution >= 4 is 0 Å². The molecule has 2 N–H and O–H groups in total. The molecule has 0 unspecified atom stereocenters. The lowest BCUT2D eigenvalue weighted by atomic mass is 9.91. The first-order chi connectivity index (χ1) is 7.38. The van der Waals surface area contributed by atoms with Gasteiger partial charge in [-0.25, -0.2) is 0 Å². The molecule has 2 aliphatic carbocycles. The first-order valence-electron chi connectivity index (χ1n) is 6.85. The smallest absolute Gasteiger partial charge is 0.00682 e. The van der Waals surface area contributed by atoms with Gasteiger partial charge in [0.1, 0.15) is 0 Å². The van der Waals surface area contributed by atoms with Gasteiger partial charge in [0.05, 0.1) is 0 Å². The predicted molar refractivity (Wildman–Crippen MR) is 65.1 cm³/mol. The van der Waals surface area contributed by atoms with Crippen molar-refractivity contribution in [1.82, 2.24) is 10.6 Å². The largest absolute Gasteiger partial charge is 0.314 e. The summed E-state index contributed by atoms with van der Waals surface area (Å²) in [5, 5.41) is 7.29. The van der Waals surface area contributed by atoms with Gasteiger partial charge >= 0.3 is 0 Å². The van der Waals surface area contributed by atoms with E-state index in [4.69, 9.17) is 0 Å². The standard InChI is InChI=1S/C13H26N2/c1-2-14-12-5-7-13(8-6-12)15-10-9-11-3-4-11/h11-15H,2-10H2,1H3. The highest BCUT2D eigenvalue weighted by molar-refractivity contribution is 4.81. The van der Waals surface area contributed by atoms with Crippen molar-refractivity contribution in [2.24, 2.45) is 5.92 Å². The molecule has 2 fully saturated rings. The van der Waals surface area contributed by atoms with Crippen LogP contribution in [0.4, 0.5) is 0 Å². The Labute approximate surface area is 94.2 Å². The zero-order valence-corrected chi connectivity index (χ0v) is 10.1. The Morgan fingerprint density at radius 3 is 2.00 bits per heavy atom. The molecule has 0 bridgehead atoms. The molecule has 0 spiro atoms. The third-order valence-electron chi connectivity index (χ3n) is 3.90. The van der Waals surface area contributed by atoms with E-state index in [0.717, 1.165) is 24.5 Å². The van der Waals surface area contributed by atoms with E-state index in [9.17, 15) is 0 Å². The van der Waals surface area contributed by atoms with Crippen LogP contribution in [0.1, 0.15) is 51.9 Å². The van der Waals surface area contributed by atoms with Gasteiger partial charge in [0.15, 0.2) is 0 Å². The van der Waals surface area contributed by atoms with Gasteiger partial charge in [-0.15, -0.1) is 0 Å². The molecule has 0 aromatic rings. The minimum Gasteiger partial charge on any atom is -0.314 e. The zero-order valence-electron chi connectivity index (χ0n) is 10.1. The SMILES string of the molecule is CCNC1CCC(NCCC2CC2)CC1. The Bertz CT molecular complexity index is 169. The molecule has 0 heterocycles. The molecule has 2 aliphatic rings. The number of hydrogen-bond acceptors (Lipinski definition) is 2. The van der Waals surface area contributed by atoms with Crippen LogP contribution < -0.4 is 10.6 Å². The van der Waals surface area contributed by atoms with Gasteiger partial charge in [-0.2, -0.15) is 0 Å². The fourth-order valence-corrected chi connectivity index (χ4v) is 2.69. The molecule has 0 atom stereocenters. The quantitative estimate of drug-likeness (QED) is 0.703. The predicted octanol–water partition coefficient (Wildman–Crippen LogP) is 2.30. The zero-order chi connectivity index (χ0) is 10.5. The summed E-state index contributed by atoms with van der Waals surface area (Å²) in [6.45, 7) is 4.60. The Kier molecular flexibility index (Phi) is 4.45. The van der Waals surface area contributed by atoms with Crippen LogP contribution in [0.2, 0.25) is 0 Å². The molecule has 0 aliphatic heterocycles. The van der Waals surface area contributed by atoms with Gasteiger partial charge in [0, 0.05) is 12.1 Å². The van der Waals surface area contributed by atoms with Crippen LogP contribution in [0.25, 0.3) is 0 Å². The van der Waals surface area contributed by atoms with E-state index in [-0.39, 0.29) is 0 Å². The Hall–Kier alpha value is -0.0800. The molecule has 0 aromatic heterocycles. The monoisotopic (exact) mass is 210 g/mol. The van der Waals surface area contributed by atoms with Crippen molar-refractivity contribution in [2.45, 2.75) is 64.0 Å². The van der Waals surface area contributed by atoms with Gasteiger partial charge in [0.25, 0.3) is 0 Å². The van der Waals surface area contributed by atoms with Crippen molar-refractivity contribution in [1.29, 1.82) is 0 Å². The fraction of sp³-hybridized carbons (Fsp3) is 1.00. The van der Waals surface area contributed by atoms with Crippen molar-refractivity contribution in [3.63, 3.8) is 0 Å². The summed E-state index contributed by atoms with van der Waals surface area (Å²) in [4.78, 5) is 0. The van der Waals surface area contributed by atoms with E-state index in [1.807, 2.05) is 0 Å². The lowest BCUT2D eigenvalue weighted by Crippen LogP contribution is -2.40. The van der Waals surface area contributed by atoms with Crippen LogP contribution in [0, 0.1) is 5.92 Å². The van der Waals surface area contributed by atoms with Crippen LogP contribution in [0.15, 0.2) is 0 Å². The maximum atomic E-state index is 3.73. The summed E-state index contributed by atoms with van der Waals surface area (Å²) < 4.78 is 0. The maximum Gasteiger partial charge on any atom is 0.00682 e. The Morgan fingerprint density at radius 1 is 0.867 bits per heavy atom. The van der Waals surface area contributed by atoms with Crippen molar-refractivity contribution < 1.29 is 0 Å². The highest BCUT2D eigenvalue weighted by Crippen LogP contribution is 2.31. The molecule has 0 aromatic carbocycles. The van der Waals surface area contributed by atoms with Gasteiger partial charge in [-0.05, 0) is 51.1 Å². The highest BCUT2D eigenvalue weighted by Gasteiger charge is 2.22. The minimum atomic E-state index is 0.802. The summed E-state index contributed by atoms with van der Waals surface area (Å²) in [6, 6.07) is 1.62. The lowest BCUT2D eigenvalue weighted by Gasteiger charge is -2.29.